The van der Waals surface area contributed by atoms with Gasteiger partial charge in [-0.3, -0.25) is 4.79 Å². The molecule has 1 rings (SSSR count). The lowest BCUT2D eigenvalue weighted by molar-refractivity contribution is -0.118. The summed E-state index contributed by atoms with van der Waals surface area (Å²) in [5, 5.41) is 7.17. The molecule has 6 N–H and O–H groups in total. The highest BCUT2D eigenvalue weighted by Crippen LogP contribution is 2.25. The van der Waals surface area contributed by atoms with Gasteiger partial charge in [0.25, 0.3) is 0 Å². The number of amides is 1. The molecule has 0 aliphatic carbocycles. The lowest BCUT2D eigenvalue weighted by atomic mass is 10.1. The maximum absolute atomic E-state index is 11.6. The van der Waals surface area contributed by atoms with Crippen molar-refractivity contribution < 1.29 is 23.8 Å². The maximum atomic E-state index is 11.6. The number of rotatable bonds is 21. The molecule has 0 spiro atoms. The molecule has 0 fully saturated rings. The molecule has 0 bridgehead atoms. The number of nitrogens with zero attached hydrogens (tertiary/aromatic N) is 2. The number of amidine groups is 1. The molecule has 0 heterocycles. The number of carbonyl (C=O) groups is 2. The van der Waals surface area contributed by atoms with Gasteiger partial charge in [-0.05, 0) is 45.3 Å². The van der Waals surface area contributed by atoms with Crippen LogP contribution < -0.4 is 22.1 Å². The summed E-state index contributed by atoms with van der Waals surface area (Å²) in [6.45, 7) is 8.59. The van der Waals surface area contributed by atoms with Crippen LogP contribution in [0.25, 0.3) is 0 Å². The zero-order valence-corrected chi connectivity index (χ0v) is 24.9. The van der Waals surface area contributed by atoms with Crippen LogP contribution in [0, 0.1) is 5.92 Å². The Morgan fingerprint density at radius 2 is 1.77 bits per heavy atom. The molecule has 39 heavy (non-hydrogen) atoms. The van der Waals surface area contributed by atoms with Crippen molar-refractivity contribution in [1.29, 1.82) is 0 Å². The predicted molar refractivity (Wildman–Crippen MR) is 159 cm³/mol. The molecule has 0 aromatic heterocycles. The average Bonchev–Trinajstić information content (AvgIpc) is 2.91. The van der Waals surface area contributed by atoms with E-state index in [-0.39, 0.29) is 18.4 Å². The Labute approximate surface area is 242 Å². The monoisotopic (exact) mass is 592 g/mol. The largest absolute Gasteiger partial charge is 0.387 e. The van der Waals surface area contributed by atoms with Gasteiger partial charge in [0.15, 0.2) is 0 Å². The summed E-state index contributed by atoms with van der Waals surface area (Å²) >= 11 is 11.8. The maximum Gasteiger partial charge on any atom is 0.247 e. The van der Waals surface area contributed by atoms with Gasteiger partial charge < -0.3 is 46.0 Å². The molecule has 0 aliphatic heterocycles. The summed E-state index contributed by atoms with van der Waals surface area (Å²) in [5.74, 6) is 0.0823. The van der Waals surface area contributed by atoms with Gasteiger partial charge in [0.05, 0.1) is 43.1 Å². The second-order valence-electron chi connectivity index (χ2n) is 8.61. The van der Waals surface area contributed by atoms with Crippen molar-refractivity contribution in [2.45, 2.75) is 19.8 Å². The first kappa shape index (κ1) is 37.2. The van der Waals surface area contributed by atoms with Gasteiger partial charge in [0.1, 0.15) is 18.7 Å². The highest BCUT2D eigenvalue weighted by molar-refractivity contribution is 6.42. The van der Waals surface area contributed by atoms with Crippen molar-refractivity contribution in [3.05, 3.63) is 28.2 Å². The fourth-order valence-electron chi connectivity index (χ4n) is 2.80. The molecule has 0 radical (unpaired) electrons. The third-order valence-electron chi connectivity index (χ3n) is 5.16. The van der Waals surface area contributed by atoms with Crippen LogP contribution in [0.5, 0.6) is 0 Å². The topological polar surface area (TPSA) is 154 Å². The van der Waals surface area contributed by atoms with Crippen LogP contribution in [0.1, 0.15) is 19.8 Å². The minimum Gasteiger partial charge on any atom is -0.387 e. The number of ether oxygens (including phenoxy) is 3. The van der Waals surface area contributed by atoms with Gasteiger partial charge in [-0.2, -0.15) is 0 Å². The Bertz CT molecular complexity index is 819. The number of aliphatic imine (C=N–C) groups is 1. The molecule has 11 nitrogen and oxygen atoms in total. The third-order valence-corrected chi connectivity index (χ3v) is 5.90. The Balaban J connectivity index is 0.000000768. The van der Waals surface area contributed by atoms with Crippen molar-refractivity contribution >= 4 is 46.9 Å². The molecule has 1 unspecified atom stereocenters. The second kappa shape index (κ2) is 25.2. The third kappa shape index (κ3) is 21.6. The molecule has 224 valence electrons. The number of halogens is 2. The molecule has 0 aliphatic rings. The number of likely N-dealkylation sites (N-methyl/N-ethyl adjacent to an activating group) is 1. The molecule has 1 amide bonds. The van der Waals surface area contributed by atoms with E-state index in [0.717, 1.165) is 38.0 Å². The molecule has 0 saturated heterocycles. The van der Waals surface area contributed by atoms with E-state index in [1.807, 2.05) is 27.1 Å². The first-order valence-electron chi connectivity index (χ1n) is 13.0. The molecular weight excluding hydrogens is 547 g/mol. The normalized spacial score (nSPS) is 12.1. The predicted octanol–water partition coefficient (Wildman–Crippen LogP) is 2.05. The summed E-state index contributed by atoms with van der Waals surface area (Å²) < 4.78 is 15.5. The fraction of sp³-hybridized carbons (Fsp3) is 0.654. The van der Waals surface area contributed by atoms with Crippen molar-refractivity contribution in [3.8, 4) is 0 Å². The van der Waals surface area contributed by atoms with Gasteiger partial charge in [-0.25, -0.2) is 4.99 Å². The SMILES string of the molecule is CN(CCOCCN)CCOCCOCC=O.CNCCCC(=O)N=C(N)C(C)CNc1ccc(Cl)c(Cl)c1. The Morgan fingerprint density at radius 1 is 1.10 bits per heavy atom. The molecule has 0 saturated carbocycles. The Kier molecular flexibility index (Phi) is 24.0. The second-order valence-corrected chi connectivity index (χ2v) is 9.42. The number of hydrogen-bond donors (Lipinski definition) is 4. The number of nitrogens with one attached hydrogen (secondary N) is 2. The summed E-state index contributed by atoms with van der Waals surface area (Å²) in [5.41, 5.74) is 12.0. The lowest BCUT2D eigenvalue weighted by Crippen LogP contribution is -2.28. The standard InChI is InChI=1S/C15H22Cl2N4O.C11H24N2O4/c1-10(15(18)21-14(22)4-3-7-19-2)9-20-11-5-6-12(16)13(17)8-11;1-13(3-7-15-6-2-12)4-8-16-10-11-17-9-5-14/h5-6,8,10,19-20H,3-4,7,9H2,1-2H3,(H2,18,21,22);5H,2-4,6-12H2,1H3. The first-order chi connectivity index (χ1) is 18.7. The van der Waals surface area contributed by atoms with Gasteiger partial charge in [0, 0.05) is 44.2 Å². The van der Waals surface area contributed by atoms with E-state index in [1.54, 1.807) is 12.1 Å². The molecule has 1 aromatic carbocycles. The number of anilines is 1. The minimum atomic E-state index is -0.186. The van der Waals surface area contributed by atoms with E-state index in [2.05, 4.69) is 20.5 Å². The molecular formula is C26H46Cl2N6O5. The molecule has 1 aromatic rings. The Hall–Kier alpha value is -1.83. The van der Waals surface area contributed by atoms with Crippen LogP contribution in [0.4, 0.5) is 5.69 Å². The molecule has 13 heteroatoms. The quantitative estimate of drug-likeness (QED) is 0.0721. The van der Waals surface area contributed by atoms with Crippen LogP contribution in [-0.4, -0.2) is 109 Å². The van der Waals surface area contributed by atoms with Gasteiger partial charge in [0.2, 0.25) is 5.91 Å². The summed E-state index contributed by atoms with van der Waals surface area (Å²) in [4.78, 5) is 27.6. The van der Waals surface area contributed by atoms with Crippen LogP contribution >= 0.6 is 23.2 Å². The van der Waals surface area contributed by atoms with Crippen molar-refractivity contribution in [2.75, 3.05) is 91.8 Å². The van der Waals surface area contributed by atoms with Crippen LogP contribution in [0.3, 0.4) is 0 Å². The van der Waals surface area contributed by atoms with Crippen LogP contribution in [0.15, 0.2) is 23.2 Å². The van der Waals surface area contributed by atoms with E-state index >= 15 is 0 Å². The zero-order valence-electron chi connectivity index (χ0n) is 23.4. The number of aldehydes is 1. The van der Waals surface area contributed by atoms with Crippen molar-refractivity contribution in [2.24, 2.45) is 22.4 Å². The summed E-state index contributed by atoms with van der Waals surface area (Å²) in [6.07, 6.45) is 1.88. The number of benzene rings is 1. The highest BCUT2D eigenvalue weighted by Gasteiger charge is 2.10. The first-order valence-corrected chi connectivity index (χ1v) is 13.8. The lowest BCUT2D eigenvalue weighted by Gasteiger charge is -2.16. The van der Waals surface area contributed by atoms with Gasteiger partial charge in [-0.15, -0.1) is 0 Å². The number of nitrogens with two attached hydrogens (primary N) is 2. The average molecular weight is 594 g/mol. The smallest absolute Gasteiger partial charge is 0.247 e. The van der Waals surface area contributed by atoms with Crippen molar-refractivity contribution in [1.82, 2.24) is 10.2 Å². The van der Waals surface area contributed by atoms with Gasteiger partial charge >= 0.3 is 0 Å². The zero-order chi connectivity index (χ0) is 29.3. The van der Waals surface area contributed by atoms with Crippen LogP contribution in [-0.2, 0) is 23.8 Å². The van der Waals surface area contributed by atoms with E-state index in [0.29, 0.717) is 68.4 Å². The highest BCUT2D eigenvalue weighted by atomic mass is 35.5. The van der Waals surface area contributed by atoms with E-state index in [9.17, 15) is 9.59 Å². The summed E-state index contributed by atoms with van der Waals surface area (Å²) in [7, 11) is 3.86. The van der Waals surface area contributed by atoms with Crippen LogP contribution in [0.2, 0.25) is 10.0 Å². The summed E-state index contributed by atoms with van der Waals surface area (Å²) in [6, 6.07) is 5.30. The minimum absolute atomic E-state index is 0.0669. The Morgan fingerprint density at radius 3 is 2.38 bits per heavy atom. The number of hydrogen-bond acceptors (Lipinski definition) is 9. The van der Waals surface area contributed by atoms with E-state index in [4.69, 9.17) is 48.9 Å². The number of carbonyl (C=O) groups excluding carboxylic acids is 2. The van der Waals surface area contributed by atoms with E-state index in [1.165, 1.54) is 0 Å². The van der Waals surface area contributed by atoms with Gasteiger partial charge in [-0.1, -0.05) is 30.1 Å². The van der Waals surface area contributed by atoms with E-state index < -0.39 is 0 Å². The van der Waals surface area contributed by atoms with Crippen molar-refractivity contribution in [3.63, 3.8) is 0 Å². The fourth-order valence-corrected chi connectivity index (χ4v) is 3.10. The molecule has 1 atom stereocenters.